The number of ether oxygens (including phenoxy) is 2. The number of aromatic nitrogens is 3. The summed E-state index contributed by atoms with van der Waals surface area (Å²) in [4.78, 5) is 30.6. The van der Waals surface area contributed by atoms with E-state index in [-0.39, 0.29) is 30.2 Å². The molecule has 11 heteroatoms. The summed E-state index contributed by atoms with van der Waals surface area (Å²) in [5, 5.41) is 7.14. The van der Waals surface area contributed by atoms with Crippen LogP contribution in [0.25, 0.3) is 5.65 Å². The molecule has 34 heavy (non-hydrogen) atoms. The van der Waals surface area contributed by atoms with Crippen LogP contribution in [0.15, 0.2) is 36.8 Å². The smallest absolute Gasteiger partial charge is 0.261 e. The molecule has 2 atom stereocenters. The quantitative estimate of drug-likeness (QED) is 0.478. The number of nitrogens with two attached hydrogens (primary N) is 2. The second kappa shape index (κ2) is 8.26. The predicted molar refractivity (Wildman–Crippen MR) is 124 cm³/mol. The average Bonchev–Trinajstić information content (AvgIpc) is 3.41. The van der Waals surface area contributed by atoms with Crippen LogP contribution in [-0.2, 0) is 11.2 Å². The van der Waals surface area contributed by atoms with Crippen LogP contribution < -0.4 is 26.3 Å². The lowest BCUT2D eigenvalue weighted by molar-refractivity contribution is -0.118. The van der Waals surface area contributed by atoms with Crippen molar-refractivity contribution in [3.8, 4) is 11.5 Å². The fraction of sp³-hybridized carbons (Fsp3) is 0.391. The first-order chi connectivity index (χ1) is 16.2. The van der Waals surface area contributed by atoms with Crippen LogP contribution in [-0.4, -0.2) is 68.7 Å². The Bertz CT molecular complexity index is 1270. The summed E-state index contributed by atoms with van der Waals surface area (Å²) in [6, 6.07) is 5.08. The molecule has 1 fully saturated rings. The van der Waals surface area contributed by atoms with Crippen molar-refractivity contribution in [2.45, 2.75) is 38.0 Å². The predicted octanol–water partition coefficient (Wildman–Crippen LogP) is 0.571. The highest BCUT2D eigenvalue weighted by Gasteiger charge is 2.35. The summed E-state index contributed by atoms with van der Waals surface area (Å²) in [5.74, 6) is 0.366. The highest BCUT2D eigenvalue weighted by molar-refractivity contribution is 6.08. The molecule has 4 heterocycles. The van der Waals surface area contributed by atoms with E-state index in [9.17, 15) is 9.59 Å². The molecule has 2 aliphatic heterocycles. The molecule has 3 aromatic rings. The van der Waals surface area contributed by atoms with Gasteiger partial charge in [0.15, 0.2) is 5.65 Å². The molecule has 5 rings (SSSR count). The summed E-state index contributed by atoms with van der Waals surface area (Å²) < 4.78 is 13.9. The van der Waals surface area contributed by atoms with Gasteiger partial charge in [-0.3, -0.25) is 14.5 Å². The van der Waals surface area contributed by atoms with Gasteiger partial charge in [-0.25, -0.2) is 9.50 Å². The molecule has 5 N–H and O–H groups in total. The number of primary amides is 1. The highest BCUT2D eigenvalue weighted by atomic mass is 16.5. The van der Waals surface area contributed by atoms with E-state index >= 15 is 0 Å². The summed E-state index contributed by atoms with van der Waals surface area (Å²) >= 11 is 0. The van der Waals surface area contributed by atoms with E-state index in [4.69, 9.17) is 20.9 Å². The Morgan fingerprint density at radius 2 is 2.15 bits per heavy atom. The van der Waals surface area contributed by atoms with Gasteiger partial charge in [0.05, 0.1) is 24.5 Å². The monoisotopic (exact) mass is 465 g/mol. The van der Waals surface area contributed by atoms with Gasteiger partial charge in [-0.15, -0.1) is 0 Å². The number of hydrogen-bond acceptors (Lipinski definition) is 8. The summed E-state index contributed by atoms with van der Waals surface area (Å²) in [7, 11) is 0. The van der Waals surface area contributed by atoms with Crippen molar-refractivity contribution in [3.63, 3.8) is 0 Å². The largest absolute Gasteiger partial charge is 0.487 e. The third kappa shape index (κ3) is 4.27. The molecule has 1 saturated heterocycles. The number of fused-ring (bicyclic) bond motifs is 2. The number of amides is 2. The van der Waals surface area contributed by atoms with E-state index in [2.05, 4.69) is 15.4 Å². The molecule has 0 spiro atoms. The number of likely N-dealkylation sites (tertiary alicyclic amines) is 1. The van der Waals surface area contributed by atoms with Gasteiger partial charge >= 0.3 is 0 Å². The Morgan fingerprint density at radius 1 is 1.32 bits per heavy atom. The molecule has 2 aromatic heterocycles. The highest BCUT2D eigenvalue weighted by Crippen LogP contribution is 2.42. The number of anilines is 1. The van der Waals surface area contributed by atoms with Crippen molar-refractivity contribution in [2.24, 2.45) is 11.5 Å². The average molecular weight is 466 g/mol. The number of nitrogens with one attached hydrogen (secondary N) is 1. The number of hydrogen-bond donors (Lipinski definition) is 3. The minimum Gasteiger partial charge on any atom is -0.487 e. The number of nitrogens with zero attached hydrogens (tertiary/aromatic N) is 4. The molecule has 0 aliphatic carbocycles. The Balaban J connectivity index is 1.44. The van der Waals surface area contributed by atoms with Crippen LogP contribution in [0, 0.1) is 0 Å². The number of rotatable bonds is 6. The van der Waals surface area contributed by atoms with Gasteiger partial charge in [0.2, 0.25) is 5.91 Å². The maximum Gasteiger partial charge on any atom is 0.261 e. The van der Waals surface area contributed by atoms with Gasteiger partial charge in [-0.2, -0.15) is 5.10 Å². The lowest BCUT2D eigenvalue weighted by atomic mass is 10.0. The Kier molecular flexibility index (Phi) is 5.37. The molecule has 11 nitrogen and oxygen atoms in total. The van der Waals surface area contributed by atoms with E-state index in [1.807, 2.05) is 24.8 Å². The van der Waals surface area contributed by atoms with E-state index in [0.29, 0.717) is 47.9 Å². The molecule has 0 radical (unpaired) electrons. The first-order valence-electron chi connectivity index (χ1n) is 11.1. The van der Waals surface area contributed by atoms with Gasteiger partial charge < -0.3 is 26.3 Å². The lowest BCUT2D eigenvalue weighted by Gasteiger charge is -2.21. The fourth-order valence-corrected chi connectivity index (χ4v) is 4.52. The molecular weight excluding hydrogens is 438 g/mol. The van der Waals surface area contributed by atoms with Crippen LogP contribution in [0.4, 0.5) is 5.69 Å². The van der Waals surface area contributed by atoms with Crippen molar-refractivity contribution >= 4 is 23.1 Å². The lowest BCUT2D eigenvalue weighted by Crippen LogP contribution is -2.37. The zero-order chi connectivity index (χ0) is 24.0. The zero-order valence-electron chi connectivity index (χ0n) is 19.0. The van der Waals surface area contributed by atoms with Gasteiger partial charge in [-0.1, -0.05) is 0 Å². The minimum atomic E-state index is -0.420. The van der Waals surface area contributed by atoms with Gasteiger partial charge in [0, 0.05) is 43.5 Å². The SMILES string of the molecule is CC1(C)Cc2cc(NC(=O)c3cnn4cccnc34)c(OC3CN(CC(N)=O)C[C@@H]3N)cc2O1. The van der Waals surface area contributed by atoms with Crippen molar-refractivity contribution in [1.82, 2.24) is 19.5 Å². The van der Waals surface area contributed by atoms with Crippen molar-refractivity contribution in [3.05, 3.63) is 47.9 Å². The van der Waals surface area contributed by atoms with Crippen LogP contribution in [0.2, 0.25) is 0 Å². The van der Waals surface area contributed by atoms with E-state index in [1.54, 1.807) is 24.5 Å². The van der Waals surface area contributed by atoms with Crippen LogP contribution in [0.5, 0.6) is 11.5 Å². The number of carbonyl (C=O) groups is 2. The zero-order valence-corrected chi connectivity index (χ0v) is 19.0. The topological polar surface area (TPSA) is 150 Å². The van der Waals surface area contributed by atoms with E-state index in [0.717, 1.165) is 5.56 Å². The first kappa shape index (κ1) is 22.1. The summed E-state index contributed by atoms with van der Waals surface area (Å²) in [6.07, 6.45) is 5.12. The second-order valence-electron chi connectivity index (χ2n) is 9.38. The normalized spacial score (nSPS) is 21.3. The maximum absolute atomic E-state index is 13.2. The van der Waals surface area contributed by atoms with Gasteiger partial charge in [0.1, 0.15) is 28.8 Å². The van der Waals surface area contributed by atoms with Gasteiger partial charge in [0.25, 0.3) is 5.91 Å². The van der Waals surface area contributed by atoms with Crippen molar-refractivity contribution in [2.75, 3.05) is 25.0 Å². The third-order valence-electron chi connectivity index (χ3n) is 5.98. The molecule has 0 bridgehead atoms. The van der Waals surface area contributed by atoms with Crippen LogP contribution in [0.3, 0.4) is 0 Å². The van der Waals surface area contributed by atoms with E-state index in [1.165, 1.54) is 10.7 Å². The standard InChI is InChI=1S/C23H27N7O4/c1-23(2)8-13-6-16(28-22(32)14-9-27-30-5-3-4-26-21(14)30)18(7-17(13)34-23)33-19-11-29(10-15(19)24)12-20(25)31/h3-7,9,15,19H,8,10-12,24H2,1-2H3,(H2,25,31)(H,28,32)/t15-,19?/m0/s1. The second-order valence-corrected chi connectivity index (χ2v) is 9.38. The van der Waals surface area contributed by atoms with Crippen LogP contribution >= 0.6 is 0 Å². The summed E-state index contributed by atoms with van der Waals surface area (Å²) in [6.45, 7) is 5.05. The van der Waals surface area contributed by atoms with E-state index < -0.39 is 5.91 Å². The number of benzene rings is 1. The molecule has 1 aromatic carbocycles. The molecular formula is C23H27N7O4. The first-order valence-corrected chi connectivity index (χ1v) is 11.1. The minimum absolute atomic E-state index is 0.111. The van der Waals surface area contributed by atoms with Crippen molar-refractivity contribution < 1.29 is 19.1 Å². The Labute approximate surface area is 196 Å². The Morgan fingerprint density at radius 3 is 2.94 bits per heavy atom. The molecule has 0 saturated carbocycles. The van der Waals surface area contributed by atoms with Crippen LogP contribution in [0.1, 0.15) is 29.8 Å². The maximum atomic E-state index is 13.2. The number of carbonyl (C=O) groups excluding carboxylic acids is 2. The molecule has 1 unspecified atom stereocenters. The molecule has 2 amide bonds. The fourth-order valence-electron chi connectivity index (χ4n) is 4.52. The summed E-state index contributed by atoms with van der Waals surface area (Å²) in [5.41, 5.74) is 13.5. The van der Waals surface area contributed by atoms with Gasteiger partial charge in [-0.05, 0) is 26.0 Å². The van der Waals surface area contributed by atoms with Crippen molar-refractivity contribution in [1.29, 1.82) is 0 Å². The Hall–Kier alpha value is -3.70. The third-order valence-corrected chi connectivity index (χ3v) is 5.98. The molecule has 178 valence electrons. The molecule has 2 aliphatic rings.